The maximum atomic E-state index is 5.66. The molecule has 0 aliphatic carbocycles. The third kappa shape index (κ3) is 6.26. The average Bonchev–Trinajstić information content (AvgIpc) is 2.81. The lowest BCUT2D eigenvalue weighted by molar-refractivity contribution is 0.0512. The van der Waals surface area contributed by atoms with Crippen LogP contribution < -0.4 is 14.8 Å². The molecule has 1 heterocycles. The van der Waals surface area contributed by atoms with Crippen LogP contribution in [-0.4, -0.2) is 58.9 Å². The highest BCUT2D eigenvalue weighted by atomic mass is 127. The van der Waals surface area contributed by atoms with Crippen LogP contribution in [0.25, 0.3) is 0 Å². The quantitative estimate of drug-likeness (QED) is 0.327. The summed E-state index contributed by atoms with van der Waals surface area (Å²) < 4.78 is 16.5. The standard InChI is InChI=1S/C24H33N3O3.HI/c1-25-23(27(2)17-19-10-11-21(28-3)16-22(19)29-4)26-18-24(12-14-30-15-13-24)20-8-6-5-7-9-20;/h5-11,16H,12-15,17-18H2,1-4H3,(H,25,26);1H. The van der Waals surface area contributed by atoms with Crippen molar-refractivity contribution < 1.29 is 14.2 Å². The summed E-state index contributed by atoms with van der Waals surface area (Å²) in [5.41, 5.74) is 2.48. The molecule has 6 nitrogen and oxygen atoms in total. The van der Waals surface area contributed by atoms with Crippen molar-refractivity contribution in [2.24, 2.45) is 4.99 Å². The van der Waals surface area contributed by atoms with Gasteiger partial charge in [0, 0.05) is 57.4 Å². The number of rotatable bonds is 7. The first-order valence-electron chi connectivity index (χ1n) is 10.4. The summed E-state index contributed by atoms with van der Waals surface area (Å²) in [7, 11) is 7.20. The van der Waals surface area contributed by atoms with Crippen LogP contribution in [0.4, 0.5) is 0 Å². The number of methoxy groups -OCH3 is 2. The molecule has 0 unspecified atom stereocenters. The minimum Gasteiger partial charge on any atom is -0.497 e. The van der Waals surface area contributed by atoms with Gasteiger partial charge in [0.15, 0.2) is 5.96 Å². The molecule has 0 bridgehead atoms. The van der Waals surface area contributed by atoms with Crippen molar-refractivity contribution >= 4 is 29.9 Å². The topological polar surface area (TPSA) is 55.3 Å². The molecule has 7 heteroatoms. The smallest absolute Gasteiger partial charge is 0.193 e. The second kappa shape index (κ2) is 12.1. The van der Waals surface area contributed by atoms with Crippen LogP contribution in [0.5, 0.6) is 11.5 Å². The first-order chi connectivity index (χ1) is 14.6. The van der Waals surface area contributed by atoms with E-state index in [0.29, 0.717) is 6.54 Å². The van der Waals surface area contributed by atoms with Crippen molar-refractivity contribution in [2.45, 2.75) is 24.8 Å². The Labute approximate surface area is 203 Å². The van der Waals surface area contributed by atoms with E-state index >= 15 is 0 Å². The zero-order chi connectivity index (χ0) is 21.4. The fraction of sp³-hybridized carbons (Fsp3) is 0.458. The van der Waals surface area contributed by atoms with Gasteiger partial charge in [-0.05, 0) is 30.5 Å². The number of nitrogens with zero attached hydrogens (tertiary/aromatic N) is 2. The molecule has 0 spiro atoms. The average molecular weight is 539 g/mol. The van der Waals surface area contributed by atoms with Crippen molar-refractivity contribution in [1.82, 2.24) is 10.2 Å². The Morgan fingerprint density at radius 1 is 1.10 bits per heavy atom. The number of aliphatic imine (C=N–C) groups is 1. The van der Waals surface area contributed by atoms with E-state index < -0.39 is 0 Å². The molecule has 0 aromatic heterocycles. The third-order valence-corrected chi connectivity index (χ3v) is 5.90. The number of hydrogen-bond donors (Lipinski definition) is 1. The molecule has 1 aliphatic rings. The fourth-order valence-electron chi connectivity index (χ4n) is 4.07. The second-order valence-corrected chi connectivity index (χ2v) is 7.69. The number of halogens is 1. The van der Waals surface area contributed by atoms with Crippen LogP contribution in [-0.2, 0) is 16.7 Å². The summed E-state index contributed by atoms with van der Waals surface area (Å²) in [4.78, 5) is 6.63. The first kappa shape index (κ1) is 25.3. The number of hydrogen-bond acceptors (Lipinski definition) is 4. The Kier molecular flexibility index (Phi) is 9.90. The Morgan fingerprint density at radius 2 is 1.81 bits per heavy atom. The minimum atomic E-state index is 0. The SMILES string of the molecule is CN=C(NCC1(c2ccccc2)CCOCC1)N(C)Cc1ccc(OC)cc1OC.I. The molecule has 0 amide bonds. The Hall–Kier alpha value is -2.00. The van der Waals surface area contributed by atoms with Gasteiger partial charge >= 0.3 is 0 Å². The van der Waals surface area contributed by atoms with E-state index in [0.717, 1.165) is 55.6 Å². The van der Waals surface area contributed by atoms with E-state index in [1.807, 2.05) is 32.3 Å². The molecular formula is C24H34IN3O3. The number of ether oxygens (including phenoxy) is 3. The van der Waals surface area contributed by atoms with Crippen molar-refractivity contribution in [3.05, 3.63) is 59.7 Å². The molecule has 0 radical (unpaired) electrons. The highest BCUT2D eigenvalue weighted by molar-refractivity contribution is 14.0. The van der Waals surface area contributed by atoms with E-state index in [9.17, 15) is 0 Å². The largest absolute Gasteiger partial charge is 0.497 e. The molecule has 170 valence electrons. The molecule has 2 aromatic carbocycles. The lowest BCUT2D eigenvalue weighted by Crippen LogP contribution is -2.48. The molecule has 2 aromatic rings. The monoisotopic (exact) mass is 539 g/mol. The summed E-state index contributed by atoms with van der Waals surface area (Å²) >= 11 is 0. The van der Waals surface area contributed by atoms with Gasteiger partial charge in [-0.15, -0.1) is 24.0 Å². The van der Waals surface area contributed by atoms with E-state index in [-0.39, 0.29) is 29.4 Å². The lowest BCUT2D eigenvalue weighted by atomic mass is 9.74. The number of benzene rings is 2. The highest BCUT2D eigenvalue weighted by Crippen LogP contribution is 2.34. The van der Waals surface area contributed by atoms with Crippen LogP contribution in [0.15, 0.2) is 53.5 Å². The second-order valence-electron chi connectivity index (χ2n) is 7.69. The summed E-state index contributed by atoms with van der Waals surface area (Å²) in [5.74, 6) is 2.45. The predicted molar refractivity (Wildman–Crippen MR) is 136 cm³/mol. The van der Waals surface area contributed by atoms with Crippen molar-refractivity contribution in [3.8, 4) is 11.5 Å². The molecule has 1 saturated heterocycles. The molecule has 1 N–H and O–H groups in total. The summed E-state index contributed by atoms with van der Waals surface area (Å²) in [6, 6.07) is 16.6. The third-order valence-electron chi connectivity index (χ3n) is 5.90. The highest BCUT2D eigenvalue weighted by Gasteiger charge is 2.34. The van der Waals surface area contributed by atoms with Gasteiger partial charge in [0.2, 0.25) is 0 Å². The number of guanidine groups is 1. The molecule has 1 fully saturated rings. The Balaban J connectivity index is 0.00000341. The Bertz CT molecular complexity index is 839. The maximum absolute atomic E-state index is 5.66. The molecule has 0 atom stereocenters. The van der Waals surface area contributed by atoms with E-state index in [1.165, 1.54) is 5.56 Å². The van der Waals surface area contributed by atoms with Gasteiger partial charge < -0.3 is 24.4 Å². The molecule has 1 aliphatic heterocycles. The summed E-state index contributed by atoms with van der Waals surface area (Å²) in [5, 5.41) is 3.61. The van der Waals surface area contributed by atoms with Gasteiger partial charge in [-0.3, -0.25) is 4.99 Å². The van der Waals surface area contributed by atoms with E-state index in [4.69, 9.17) is 14.2 Å². The van der Waals surface area contributed by atoms with Crippen LogP contribution in [0, 0.1) is 0 Å². The van der Waals surface area contributed by atoms with Crippen LogP contribution in [0.1, 0.15) is 24.0 Å². The molecular weight excluding hydrogens is 505 g/mol. The minimum absolute atomic E-state index is 0. The molecule has 31 heavy (non-hydrogen) atoms. The van der Waals surface area contributed by atoms with Crippen LogP contribution in [0.2, 0.25) is 0 Å². The zero-order valence-electron chi connectivity index (χ0n) is 18.9. The lowest BCUT2D eigenvalue weighted by Gasteiger charge is -2.39. The molecule has 3 rings (SSSR count). The maximum Gasteiger partial charge on any atom is 0.193 e. The van der Waals surface area contributed by atoms with Gasteiger partial charge in [0.1, 0.15) is 11.5 Å². The summed E-state index contributed by atoms with van der Waals surface area (Å²) in [6.07, 6.45) is 1.99. The van der Waals surface area contributed by atoms with Gasteiger partial charge in [-0.25, -0.2) is 0 Å². The summed E-state index contributed by atoms with van der Waals surface area (Å²) in [6.45, 7) is 3.06. The van der Waals surface area contributed by atoms with Crippen molar-refractivity contribution in [3.63, 3.8) is 0 Å². The normalized spacial score (nSPS) is 15.5. The van der Waals surface area contributed by atoms with Crippen molar-refractivity contribution in [1.29, 1.82) is 0 Å². The van der Waals surface area contributed by atoms with Crippen LogP contribution in [0.3, 0.4) is 0 Å². The van der Waals surface area contributed by atoms with Gasteiger partial charge in [0.05, 0.1) is 14.2 Å². The van der Waals surface area contributed by atoms with E-state index in [1.54, 1.807) is 14.2 Å². The zero-order valence-corrected chi connectivity index (χ0v) is 21.2. The van der Waals surface area contributed by atoms with E-state index in [2.05, 4.69) is 45.5 Å². The van der Waals surface area contributed by atoms with Crippen molar-refractivity contribution in [2.75, 3.05) is 48.1 Å². The van der Waals surface area contributed by atoms with Gasteiger partial charge in [0.25, 0.3) is 0 Å². The van der Waals surface area contributed by atoms with Gasteiger partial charge in [-0.1, -0.05) is 30.3 Å². The van der Waals surface area contributed by atoms with Crippen LogP contribution >= 0.6 is 24.0 Å². The number of nitrogens with one attached hydrogen (secondary N) is 1. The molecule has 0 saturated carbocycles. The Morgan fingerprint density at radius 3 is 2.42 bits per heavy atom. The van der Waals surface area contributed by atoms with Gasteiger partial charge in [-0.2, -0.15) is 0 Å². The fourth-order valence-corrected chi connectivity index (χ4v) is 4.07. The first-order valence-corrected chi connectivity index (χ1v) is 10.4. The predicted octanol–water partition coefficient (Wildman–Crippen LogP) is 4.08.